The Labute approximate surface area is 172 Å². The monoisotopic (exact) mass is 412 g/mol. The molecule has 0 saturated carbocycles. The van der Waals surface area contributed by atoms with Gasteiger partial charge >= 0.3 is 0 Å². The van der Waals surface area contributed by atoms with E-state index in [-0.39, 0.29) is 24.1 Å². The van der Waals surface area contributed by atoms with Crippen molar-refractivity contribution in [3.63, 3.8) is 0 Å². The van der Waals surface area contributed by atoms with E-state index in [1.54, 1.807) is 38.5 Å². The molecule has 0 unspecified atom stereocenters. The summed E-state index contributed by atoms with van der Waals surface area (Å²) in [5, 5.41) is 5.67. The van der Waals surface area contributed by atoms with Crippen molar-refractivity contribution < 1.29 is 18.4 Å². The van der Waals surface area contributed by atoms with Gasteiger partial charge in [0.1, 0.15) is 5.82 Å². The molecule has 3 aromatic rings. The third-order valence-electron chi connectivity index (χ3n) is 5.02. The number of benzene rings is 1. The molecule has 1 amide bonds. The number of Topliss-reactive ketones (excluding diaryl/α,β-unsaturated/α-hetero) is 1. The first kappa shape index (κ1) is 21.2. The summed E-state index contributed by atoms with van der Waals surface area (Å²) < 4.78 is 28.1. The second-order valence-corrected chi connectivity index (χ2v) is 7.06. The van der Waals surface area contributed by atoms with Gasteiger partial charge in [0, 0.05) is 18.4 Å². The van der Waals surface area contributed by atoms with E-state index in [1.165, 1.54) is 30.5 Å². The average molecular weight is 412 g/mol. The Morgan fingerprint density at radius 3 is 2.40 bits per heavy atom. The summed E-state index contributed by atoms with van der Waals surface area (Å²) in [5.74, 6) is -1.55. The van der Waals surface area contributed by atoms with Crippen LogP contribution in [-0.2, 0) is 7.05 Å². The molecule has 0 aliphatic carbocycles. The first-order valence-electron chi connectivity index (χ1n) is 9.31. The standard InChI is InChI=1S/C22H22F2N4O2/c1-12-9-15(5-7-17(12)23)27-22(30)20-13(2)21(28(4)14(20)3)18(29)11-25-16-6-8-19(24)26-10-16/h5-10,25H,11H2,1-4H3,(H,27,30). The average Bonchev–Trinajstić information content (AvgIpc) is 2.92. The molecule has 30 heavy (non-hydrogen) atoms. The summed E-state index contributed by atoms with van der Waals surface area (Å²) in [6.07, 6.45) is 1.30. The number of halogens is 2. The minimum atomic E-state index is -0.604. The first-order valence-corrected chi connectivity index (χ1v) is 9.31. The zero-order chi connectivity index (χ0) is 22.0. The number of amides is 1. The lowest BCUT2D eigenvalue weighted by atomic mass is 10.1. The molecule has 0 bridgehead atoms. The highest BCUT2D eigenvalue weighted by Crippen LogP contribution is 2.24. The van der Waals surface area contributed by atoms with Crippen LogP contribution >= 0.6 is 0 Å². The molecule has 0 saturated heterocycles. The maximum atomic E-state index is 13.5. The fourth-order valence-corrected chi connectivity index (χ4v) is 3.37. The number of pyridine rings is 1. The predicted octanol–water partition coefficient (Wildman–Crippen LogP) is 4.17. The summed E-state index contributed by atoms with van der Waals surface area (Å²) in [7, 11) is 1.72. The van der Waals surface area contributed by atoms with Gasteiger partial charge in [-0.1, -0.05) is 0 Å². The lowest BCUT2D eigenvalue weighted by molar-refractivity contribution is 0.0996. The number of carbonyl (C=O) groups is 2. The van der Waals surface area contributed by atoms with Crippen LogP contribution in [0.1, 0.15) is 37.7 Å². The molecule has 0 atom stereocenters. The summed E-state index contributed by atoms with van der Waals surface area (Å²) in [6.45, 7) is 5.05. The second kappa shape index (κ2) is 8.44. The maximum Gasteiger partial charge on any atom is 0.257 e. The minimum Gasteiger partial charge on any atom is -0.376 e. The predicted molar refractivity (Wildman–Crippen MR) is 111 cm³/mol. The number of carbonyl (C=O) groups excluding carboxylic acids is 2. The van der Waals surface area contributed by atoms with Gasteiger partial charge in [0.2, 0.25) is 5.95 Å². The molecule has 0 aliphatic rings. The minimum absolute atomic E-state index is 0.0380. The Morgan fingerprint density at radius 1 is 1.07 bits per heavy atom. The van der Waals surface area contributed by atoms with Gasteiger partial charge in [-0.25, -0.2) is 9.37 Å². The molecule has 1 aromatic carbocycles. The van der Waals surface area contributed by atoms with Crippen LogP contribution in [0.15, 0.2) is 36.5 Å². The molecule has 2 heterocycles. The van der Waals surface area contributed by atoms with E-state index >= 15 is 0 Å². The number of nitrogens with one attached hydrogen (secondary N) is 2. The van der Waals surface area contributed by atoms with Crippen LogP contribution in [0, 0.1) is 32.5 Å². The van der Waals surface area contributed by atoms with Crippen LogP contribution in [-0.4, -0.2) is 27.8 Å². The second-order valence-electron chi connectivity index (χ2n) is 7.06. The molecule has 156 valence electrons. The van der Waals surface area contributed by atoms with Crippen molar-refractivity contribution in [3.8, 4) is 0 Å². The van der Waals surface area contributed by atoms with Gasteiger partial charge in [-0.3, -0.25) is 9.59 Å². The zero-order valence-electron chi connectivity index (χ0n) is 17.1. The van der Waals surface area contributed by atoms with Gasteiger partial charge in [-0.05, 0) is 62.2 Å². The number of hydrogen-bond acceptors (Lipinski definition) is 4. The highest BCUT2D eigenvalue weighted by atomic mass is 19.1. The zero-order valence-corrected chi connectivity index (χ0v) is 17.1. The highest BCUT2D eigenvalue weighted by molar-refractivity contribution is 6.09. The Bertz CT molecular complexity index is 1120. The Balaban J connectivity index is 1.81. The van der Waals surface area contributed by atoms with Crippen molar-refractivity contribution in [2.45, 2.75) is 20.8 Å². The van der Waals surface area contributed by atoms with Crippen LogP contribution in [0.2, 0.25) is 0 Å². The number of rotatable bonds is 6. The van der Waals surface area contributed by atoms with Gasteiger partial charge in [0.15, 0.2) is 5.78 Å². The fraction of sp³-hybridized carbons (Fsp3) is 0.227. The summed E-state index contributed by atoms with van der Waals surface area (Å²) in [5.41, 5.74) is 3.39. The number of nitrogens with zero attached hydrogens (tertiary/aromatic N) is 2. The van der Waals surface area contributed by atoms with Crippen molar-refractivity contribution in [1.29, 1.82) is 0 Å². The van der Waals surface area contributed by atoms with E-state index < -0.39 is 5.95 Å². The van der Waals surface area contributed by atoms with E-state index in [9.17, 15) is 18.4 Å². The van der Waals surface area contributed by atoms with Crippen LogP contribution in [0.4, 0.5) is 20.2 Å². The highest BCUT2D eigenvalue weighted by Gasteiger charge is 2.24. The SMILES string of the molecule is Cc1cc(NC(=O)c2c(C)c(C(=O)CNc3ccc(F)nc3)n(C)c2C)ccc1F. The summed E-state index contributed by atoms with van der Waals surface area (Å²) in [4.78, 5) is 29.2. The molecule has 6 nitrogen and oxygen atoms in total. The van der Waals surface area contributed by atoms with Crippen LogP contribution in [0.3, 0.4) is 0 Å². The fourth-order valence-electron chi connectivity index (χ4n) is 3.37. The van der Waals surface area contributed by atoms with Crippen LogP contribution in [0.25, 0.3) is 0 Å². The lowest BCUT2D eigenvalue weighted by Gasteiger charge is -2.08. The van der Waals surface area contributed by atoms with Gasteiger partial charge in [-0.15, -0.1) is 0 Å². The Morgan fingerprint density at radius 2 is 1.77 bits per heavy atom. The molecule has 0 spiro atoms. The smallest absolute Gasteiger partial charge is 0.257 e. The normalized spacial score (nSPS) is 10.7. The summed E-state index contributed by atoms with van der Waals surface area (Å²) in [6, 6.07) is 7.02. The Hall–Kier alpha value is -3.55. The van der Waals surface area contributed by atoms with Crippen molar-refractivity contribution >= 4 is 23.1 Å². The number of aryl methyl sites for hydroxylation is 1. The Kier molecular flexibility index (Phi) is 5.96. The third kappa shape index (κ3) is 4.22. The summed E-state index contributed by atoms with van der Waals surface area (Å²) >= 11 is 0. The third-order valence-corrected chi connectivity index (χ3v) is 5.02. The number of aromatic nitrogens is 2. The number of hydrogen-bond donors (Lipinski definition) is 2. The van der Waals surface area contributed by atoms with Gasteiger partial charge < -0.3 is 15.2 Å². The molecule has 0 aliphatic heterocycles. The van der Waals surface area contributed by atoms with Gasteiger partial charge in [0.05, 0.1) is 29.7 Å². The van der Waals surface area contributed by atoms with E-state index in [0.717, 1.165) is 0 Å². The van der Waals surface area contributed by atoms with Crippen molar-refractivity contribution in [1.82, 2.24) is 9.55 Å². The molecular weight excluding hydrogens is 390 g/mol. The topological polar surface area (TPSA) is 76.0 Å². The van der Waals surface area contributed by atoms with Gasteiger partial charge in [-0.2, -0.15) is 4.39 Å². The molecule has 0 fully saturated rings. The molecule has 2 N–H and O–H groups in total. The van der Waals surface area contributed by atoms with Gasteiger partial charge in [0.25, 0.3) is 5.91 Å². The maximum absolute atomic E-state index is 13.5. The van der Waals surface area contributed by atoms with E-state index in [0.29, 0.717) is 39.5 Å². The van der Waals surface area contributed by atoms with Crippen molar-refractivity contribution in [3.05, 3.63) is 76.4 Å². The molecule has 3 rings (SSSR count). The number of ketones is 1. The quantitative estimate of drug-likeness (QED) is 0.471. The van der Waals surface area contributed by atoms with Crippen molar-refractivity contribution in [2.24, 2.45) is 7.05 Å². The van der Waals surface area contributed by atoms with Crippen LogP contribution < -0.4 is 10.6 Å². The van der Waals surface area contributed by atoms with E-state index in [2.05, 4.69) is 15.6 Å². The first-order chi connectivity index (χ1) is 14.2. The van der Waals surface area contributed by atoms with E-state index in [1.807, 2.05) is 0 Å². The molecule has 0 radical (unpaired) electrons. The van der Waals surface area contributed by atoms with Crippen molar-refractivity contribution in [2.75, 3.05) is 17.2 Å². The molecule has 2 aromatic heterocycles. The molecular formula is C22H22F2N4O2. The number of anilines is 2. The lowest BCUT2D eigenvalue weighted by Crippen LogP contribution is -2.18. The molecule has 8 heteroatoms. The largest absolute Gasteiger partial charge is 0.376 e. The van der Waals surface area contributed by atoms with Crippen LogP contribution in [0.5, 0.6) is 0 Å². The van der Waals surface area contributed by atoms with E-state index in [4.69, 9.17) is 0 Å².